The monoisotopic (exact) mass is 388 g/mol. The maximum Gasteiger partial charge on any atom is 0.202 e. The number of nitrogens with zero attached hydrogens (tertiary/aromatic N) is 2. The van der Waals surface area contributed by atoms with Crippen molar-refractivity contribution in [3.63, 3.8) is 0 Å². The van der Waals surface area contributed by atoms with Crippen LogP contribution in [0.1, 0.15) is 53.5 Å². The normalized spacial score (nSPS) is 24.5. The van der Waals surface area contributed by atoms with E-state index in [1.54, 1.807) is 0 Å². The average molecular weight is 389 g/mol. The van der Waals surface area contributed by atoms with Crippen molar-refractivity contribution in [1.82, 2.24) is 0 Å². The van der Waals surface area contributed by atoms with Crippen LogP contribution in [0.2, 0.25) is 0 Å². The van der Waals surface area contributed by atoms with Gasteiger partial charge in [0.1, 0.15) is 5.76 Å². The molecule has 0 atom stereocenters. The van der Waals surface area contributed by atoms with E-state index >= 15 is 0 Å². The molecule has 0 spiro atoms. The highest BCUT2D eigenvalue weighted by Gasteiger charge is 2.43. The number of Topliss-reactive ketones (excluding diaryl/α,β-unsaturated/α-hetero) is 1. The number of para-hydroxylation sites is 1. The molecule has 4 nitrogen and oxygen atoms in total. The molecule has 4 rings (SSSR count). The molecule has 4 heteroatoms. The van der Waals surface area contributed by atoms with E-state index in [9.17, 15) is 9.90 Å². The second-order valence-corrected chi connectivity index (χ2v) is 8.39. The number of rotatable bonds is 3. The first-order valence-electron chi connectivity index (χ1n) is 10.3. The summed E-state index contributed by atoms with van der Waals surface area (Å²) in [4.78, 5) is 19.8. The Labute approximate surface area is 172 Å². The molecule has 0 saturated carbocycles. The molecule has 0 bridgehead atoms. The molecule has 0 saturated heterocycles. The number of aliphatic imine (C=N–C) groups is 1. The number of allylic oxidation sites excluding steroid dienone is 6. The van der Waals surface area contributed by atoms with Gasteiger partial charge in [-0.3, -0.25) is 9.79 Å². The van der Waals surface area contributed by atoms with Gasteiger partial charge in [-0.15, -0.1) is 0 Å². The van der Waals surface area contributed by atoms with E-state index in [1.807, 2.05) is 32.1 Å². The lowest BCUT2D eigenvalue weighted by atomic mass is 9.79. The molecule has 0 fully saturated rings. The van der Waals surface area contributed by atoms with Gasteiger partial charge >= 0.3 is 0 Å². The molecule has 150 valence electrons. The highest BCUT2D eigenvalue weighted by molar-refractivity contribution is 6.22. The average Bonchev–Trinajstić information content (AvgIpc) is 3.09. The first-order chi connectivity index (χ1) is 13.7. The topological polar surface area (TPSA) is 52.9 Å². The fourth-order valence-corrected chi connectivity index (χ4v) is 4.85. The standard InChI is InChI=1S/C25H28N2O2/c1-7-16-14(3)22(26-15(16)4)21-23(28)17(24(21)29)13-20-25(5,6)18-11-9-10-12-19(18)27(20)8-2/h9-13,28H,7-8H2,1-6H3/b20-13-,22-21?. The van der Waals surface area contributed by atoms with Crippen molar-refractivity contribution in [2.75, 3.05) is 11.4 Å². The summed E-state index contributed by atoms with van der Waals surface area (Å²) in [6.45, 7) is 13.3. The van der Waals surface area contributed by atoms with Crippen molar-refractivity contribution in [3.8, 4) is 0 Å². The van der Waals surface area contributed by atoms with E-state index < -0.39 is 0 Å². The summed E-state index contributed by atoms with van der Waals surface area (Å²) in [7, 11) is 0. The van der Waals surface area contributed by atoms with Gasteiger partial charge in [0.2, 0.25) is 5.78 Å². The van der Waals surface area contributed by atoms with Gasteiger partial charge in [0.15, 0.2) is 0 Å². The van der Waals surface area contributed by atoms with Crippen molar-refractivity contribution in [2.24, 2.45) is 4.99 Å². The van der Waals surface area contributed by atoms with Crippen LogP contribution in [0.15, 0.2) is 74.8 Å². The van der Waals surface area contributed by atoms with E-state index in [0.29, 0.717) is 16.8 Å². The molecule has 1 aromatic carbocycles. The summed E-state index contributed by atoms with van der Waals surface area (Å²) >= 11 is 0. The molecule has 0 unspecified atom stereocenters. The highest BCUT2D eigenvalue weighted by Crippen LogP contribution is 2.49. The quantitative estimate of drug-likeness (QED) is 0.692. The van der Waals surface area contributed by atoms with Crippen LogP contribution in [-0.2, 0) is 10.2 Å². The SMILES string of the molecule is CCC1=C(C)C(=C2C(=O)C(/C=C3\N(CC)c4ccccc4C3(C)C)=C2O)N=C1C. The van der Waals surface area contributed by atoms with Crippen LogP contribution in [-0.4, -0.2) is 23.1 Å². The second-order valence-electron chi connectivity index (χ2n) is 8.39. The van der Waals surface area contributed by atoms with Crippen molar-refractivity contribution in [2.45, 2.75) is 53.4 Å². The number of ketones is 1. The van der Waals surface area contributed by atoms with Crippen molar-refractivity contribution < 1.29 is 9.90 Å². The molecule has 29 heavy (non-hydrogen) atoms. The van der Waals surface area contributed by atoms with Gasteiger partial charge in [-0.2, -0.15) is 0 Å². The van der Waals surface area contributed by atoms with Crippen LogP contribution in [0.5, 0.6) is 0 Å². The Balaban J connectivity index is 1.82. The lowest BCUT2D eigenvalue weighted by Gasteiger charge is -2.28. The summed E-state index contributed by atoms with van der Waals surface area (Å²) in [5, 5.41) is 10.8. The van der Waals surface area contributed by atoms with Gasteiger partial charge in [-0.1, -0.05) is 39.0 Å². The zero-order valence-corrected chi connectivity index (χ0v) is 18.1. The Morgan fingerprint density at radius 1 is 1.17 bits per heavy atom. The third-order valence-corrected chi connectivity index (χ3v) is 6.47. The molecule has 1 aliphatic carbocycles. The van der Waals surface area contributed by atoms with Gasteiger partial charge in [0.25, 0.3) is 0 Å². The summed E-state index contributed by atoms with van der Waals surface area (Å²) in [6.07, 6.45) is 2.74. The molecule has 0 amide bonds. The highest BCUT2D eigenvalue weighted by atomic mass is 16.3. The van der Waals surface area contributed by atoms with Crippen LogP contribution in [0, 0.1) is 0 Å². The van der Waals surface area contributed by atoms with Gasteiger partial charge in [0, 0.05) is 29.1 Å². The summed E-state index contributed by atoms with van der Waals surface area (Å²) in [5.41, 5.74) is 7.65. The zero-order chi connectivity index (χ0) is 21.1. The summed E-state index contributed by atoms with van der Waals surface area (Å²) < 4.78 is 0. The Morgan fingerprint density at radius 3 is 2.45 bits per heavy atom. The fourth-order valence-electron chi connectivity index (χ4n) is 4.85. The number of hydrogen-bond donors (Lipinski definition) is 1. The Hall–Kier alpha value is -2.88. The number of carbonyl (C=O) groups is 1. The Kier molecular flexibility index (Phi) is 4.41. The lowest BCUT2D eigenvalue weighted by molar-refractivity contribution is -0.113. The lowest BCUT2D eigenvalue weighted by Crippen LogP contribution is -2.29. The number of aliphatic hydroxyl groups excluding tert-OH is 1. The number of likely N-dealkylation sites (N-methyl/N-ethyl adjacent to an activating group) is 1. The van der Waals surface area contributed by atoms with Gasteiger partial charge in [-0.25, -0.2) is 0 Å². The zero-order valence-electron chi connectivity index (χ0n) is 18.1. The molecule has 0 radical (unpaired) electrons. The molecule has 0 aromatic heterocycles. The van der Waals surface area contributed by atoms with Crippen molar-refractivity contribution in [3.05, 3.63) is 75.4 Å². The molecule has 2 aliphatic heterocycles. The molecule has 1 aromatic rings. The number of carbonyl (C=O) groups excluding carboxylic acids is 1. The number of hydrogen-bond acceptors (Lipinski definition) is 4. The predicted molar refractivity (Wildman–Crippen MR) is 118 cm³/mol. The Morgan fingerprint density at radius 2 is 1.86 bits per heavy atom. The van der Waals surface area contributed by atoms with Crippen LogP contribution >= 0.6 is 0 Å². The van der Waals surface area contributed by atoms with Gasteiger partial charge in [-0.05, 0) is 56.0 Å². The van der Waals surface area contributed by atoms with E-state index in [0.717, 1.165) is 35.5 Å². The van der Waals surface area contributed by atoms with E-state index in [2.05, 4.69) is 49.7 Å². The largest absolute Gasteiger partial charge is 0.506 e. The smallest absolute Gasteiger partial charge is 0.202 e. The van der Waals surface area contributed by atoms with Crippen LogP contribution in [0.4, 0.5) is 5.69 Å². The van der Waals surface area contributed by atoms with Gasteiger partial charge in [0.05, 0.1) is 16.8 Å². The Bertz CT molecular complexity index is 1090. The van der Waals surface area contributed by atoms with E-state index in [-0.39, 0.29) is 17.0 Å². The number of aliphatic hydroxyl groups is 1. The number of anilines is 1. The van der Waals surface area contributed by atoms with Gasteiger partial charge < -0.3 is 10.0 Å². The maximum absolute atomic E-state index is 13.0. The van der Waals surface area contributed by atoms with E-state index in [1.165, 1.54) is 11.3 Å². The number of benzene rings is 1. The first kappa shape index (κ1) is 19.4. The molecular formula is C25H28N2O2. The minimum Gasteiger partial charge on any atom is -0.506 e. The predicted octanol–water partition coefficient (Wildman–Crippen LogP) is 5.54. The first-order valence-corrected chi connectivity index (χ1v) is 10.3. The number of fused-ring (bicyclic) bond motifs is 1. The third kappa shape index (κ3) is 2.58. The van der Waals surface area contributed by atoms with Crippen LogP contribution in [0.3, 0.4) is 0 Å². The fraction of sp³-hybridized carbons (Fsp3) is 0.360. The van der Waals surface area contributed by atoms with E-state index in [4.69, 9.17) is 0 Å². The molecular weight excluding hydrogens is 360 g/mol. The third-order valence-electron chi connectivity index (χ3n) is 6.47. The second kappa shape index (κ2) is 6.58. The maximum atomic E-state index is 13.0. The molecule has 1 N–H and O–H groups in total. The minimum absolute atomic E-state index is 0.0635. The summed E-state index contributed by atoms with van der Waals surface area (Å²) in [5.74, 6) is -0.0605. The summed E-state index contributed by atoms with van der Waals surface area (Å²) in [6, 6.07) is 8.34. The van der Waals surface area contributed by atoms with Crippen molar-refractivity contribution in [1.29, 1.82) is 0 Å². The minimum atomic E-state index is -0.240. The molecule has 3 aliphatic rings. The molecule has 2 heterocycles. The van der Waals surface area contributed by atoms with Crippen LogP contribution in [0.25, 0.3) is 0 Å². The van der Waals surface area contributed by atoms with Crippen LogP contribution < -0.4 is 4.90 Å². The van der Waals surface area contributed by atoms with Crippen molar-refractivity contribution >= 4 is 17.2 Å².